The van der Waals surface area contributed by atoms with Crippen LogP contribution < -0.4 is 10.2 Å². The number of nitrogens with zero attached hydrogens (tertiary/aromatic N) is 2. The SMILES string of the molecule is COc1ccc([C@@]23C(=O)N(Nc4ccc(Cl)cc4Cl)C(=O)[C@@H]2C[C@@H]2C(=CC[C@@H]4C(=O)N(Cc5cccs5)C(=O)[C@@H]42)[C@@H]3c2ccc(O)cc2)cc1. The first-order valence-corrected chi connectivity index (χ1v) is 17.9. The van der Waals surface area contributed by atoms with E-state index in [-0.39, 0.29) is 35.6 Å². The highest BCUT2D eigenvalue weighted by Crippen LogP contribution is 2.64. The lowest BCUT2D eigenvalue weighted by molar-refractivity contribution is -0.141. The largest absolute Gasteiger partial charge is 0.508 e. The Hall–Kier alpha value is -4.64. The molecule has 50 heavy (non-hydrogen) atoms. The summed E-state index contributed by atoms with van der Waals surface area (Å²) in [6.07, 6.45) is 2.50. The number of hydrogen-bond acceptors (Lipinski definition) is 8. The number of carbonyl (C=O) groups excluding carboxylic acids is 4. The summed E-state index contributed by atoms with van der Waals surface area (Å²) in [5.41, 5.74) is 3.97. The van der Waals surface area contributed by atoms with Gasteiger partial charge in [-0.3, -0.25) is 29.5 Å². The molecule has 8 rings (SSSR count). The van der Waals surface area contributed by atoms with Crippen LogP contribution in [0.3, 0.4) is 0 Å². The number of rotatable bonds is 7. The number of phenolic OH excluding ortho intramolecular Hbond substituents is 1. The van der Waals surface area contributed by atoms with Gasteiger partial charge in [-0.15, -0.1) is 11.3 Å². The Kier molecular flexibility index (Phi) is 8.01. The van der Waals surface area contributed by atoms with Crippen molar-refractivity contribution < 1.29 is 29.0 Å². The van der Waals surface area contributed by atoms with E-state index < -0.39 is 46.8 Å². The first kappa shape index (κ1) is 32.6. The van der Waals surface area contributed by atoms with E-state index in [1.165, 1.54) is 22.3 Å². The number of fused-ring (bicyclic) bond motifs is 4. The molecule has 2 saturated heterocycles. The van der Waals surface area contributed by atoms with Gasteiger partial charge >= 0.3 is 0 Å². The number of benzene rings is 3. The molecule has 1 saturated carbocycles. The number of likely N-dealkylation sites (tertiary alicyclic amines) is 1. The Labute approximate surface area is 302 Å². The van der Waals surface area contributed by atoms with Crippen LogP contribution in [0.25, 0.3) is 0 Å². The average molecular weight is 729 g/mol. The van der Waals surface area contributed by atoms with Gasteiger partial charge in [0.25, 0.3) is 11.8 Å². The molecule has 9 nitrogen and oxygen atoms in total. The minimum Gasteiger partial charge on any atom is -0.508 e. The summed E-state index contributed by atoms with van der Waals surface area (Å²) >= 11 is 14.2. The summed E-state index contributed by atoms with van der Waals surface area (Å²) < 4.78 is 5.45. The van der Waals surface area contributed by atoms with Crippen LogP contribution in [0.5, 0.6) is 11.5 Å². The predicted octanol–water partition coefficient (Wildman–Crippen LogP) is 6.95. The lowest BCUT2D eigenvalue weighted by atomic mass is 9.49. The van der Waals surface area contributed by atoms with Gasteiger partial charge in [-0.25, -0.2) is 0 Å². The second-order valence-corrected chi connectivity index (χ2v) is 15.0. The normalized spacial score (nSPS) is 27.2. The molecule has 254 valence electrons. The maximum atomic E-state index is 15.2. The first-order chi connectivity index (χ1) is 24.1. The van der Waals surface area contributed by atoms with Crippen molar-refractivity contribution in [3.63, 3.8) is 0 Å². The third-order valence-electron chi connectivity index (χ3n) is 10.8. The summed E-state index contributed by atoms with van der Waals surface area (Å²) in [7, 11) is 1.55. The number of methoxy groups -OCH3 is 1. The van der Waals surface area contributed by atoms with E-state index in [0.29, 0.717) is 34.0 Å². The smallest absolute Gasteiger partial charge is 0.260 e. The van der Waals surface area contributed by atoms with Crippen molar-refractivity contribution >= 4 is 63.9 Å². The molecule has 12 heteroatoms. The third-order valence-corrected chi connectivity index (χ3v) is 12.2. The molecule has 4 amide bonds. The number of ether oxygens (including phenoxy) is 1. The minimum absolute atomic E-state index is 0.0455. The highest BCUT2D eigenvalue weighted by Gasteiger charge is 2.70. The highest BCUT2D eigenvalue weighted by molar-refractivity contribution is 7.09. The molecule has 0 bridgehead atoms. The number of halogens is 2. The molecule has 2 aliphatic heterocycles. The molecule has 0 radical (unpaired) electrons. The van der Waals surface area contributed by atoms with Crippen LogP contribution in [0.15, 0.2) is 95.9 Å². The molecule has 0 spiro atoms. The molecule has 1 aromatic heterocycles. The molecule has 4 aromatic rings. The number of anilines is 1. The maximum Gasteiger partial charge on any atom is 0.260 e. The number of carbonyl (C=O) groups is 4. The van der Waals surface area contributed by atoms with Gasteiger partial charge in [0.1, 0.15) is 11.5 Å². The number of aromatic hydroxyl groups is 1. The van der Waals surface area contributed by atoms with Gasteiger partial charge in [-0.1, -0.05) is 65.2 Å². The summed E-state index contributed by atoms with van der Waals surface area (Å²) in [5.74, 6) is -4.23. The fraction of sp³-hybridized carbons (Fsp3) is 0.263. The number of hydrazine groups is 1. The topological polar surface area (TPSA) is 116 Å². The Morgan fingerprint density at radius 1 is 0.940 bits per heavy atom. The van der Waals surface area contributed by atoms with Crippen LogP contribution in [-0.4, -0.2) is 45.8 Å². The zero-order valence-corrected chi connectivity index (χ0v) is 29.0. The highest BCUT2D eigenvalue weighted by atomic mass is 35.5. The van der Waals surface area contributed by atoms with E-state index in [1.54, 1.807) is 55.6 Å². The lowest BCUT2D eigenvalue weighted by Gasteiger charge is -2.50. The number of amides is 4. The molecule has 3 fully saturated rings. The van der Waals surface area contributed by atoms with Crippen LogP contribution in [0.2, 0.25) is 10.0 Å². The van der Waals surface area contributed by atoms with E-state index in [9.17, 15) is 19.5 Å². The Morgan fingerprint density at radius 3 is 2.38 bits per heavy atom. The summed E-state index contributed by atoms with van der Waals surface area (Å²) in [5, 5.41) is 13.9. The van der Waals surface area contributed by atoms with E-state index in [4.69, 9.17) is 27.9 Å². The van der Waals surface area contributed by atoms with Gasteiger partial charge in [0.05, 0.1) is 47.5 Å². The zero-order valence-electron chi connectivity index (χ0n) is 26.7. The van der Waals surface area contributed by atoms with Crippen molar-refractivity contribution in [2.45, 2.75) is 30.7 Å². The average Bonchev–Trinajstić information content (AvgIpc) is 3.78. The van der Waals surface area contributed by atoms with E-state index in [2.05, 4.69) is 5.43 Å². The monoisotopic (exact) mass is 727 g/mol. The predicted molar refractivity (Wildman–Crippen MR) is 189 cm³/mol. The summed E-state index contributed by atoms with van der Waals surface area (Å²) in [4.78, 5) is 60.4. The maximum absolute atomic E-state index is 15.2. The molecule has 6 atom stereocenters. The zero-order chi connectivity index (χ0) is 34.9. The molecular weight excluding hydrogens is 697 g/mol. The standard InChI is InChI=1S/C38H31Cl2N3O6S/c1-49-24-11-6-21(7-12-24)38-29(35(46)43(37(38)48)41-31-15-8-22(39)17-30(31)40)18-28-26(33(38)20-4-9-23(44)10-5-20)13-14-27-32(28)36(47)42(34(27)45)19-25-3-2-16-50-25/h2-13,15-17,27-29,32-33,41,44H,14,18-19H2,1H3/t27-,28+,29-,32-,33-,38+/m0/s1. The van der Waals surface area contributed by atoms with E-state index in [1.807, 2.05) is 35.7 Å². The second kappa shape index (κ2) is 12.3. The Morgan fingerprint density at radius 2 is 1.70 bits per heavy atom. The van der Waals surface area contributed by atoms with Crippen molar-refractivity contribution in [1.29, 1.82) is 0 Å². The molecular formula is C38H31Cl2N3O6S. The van der Waals surface area contributed by atoms with E-state index >= 15 is 4.79 Å². The summed E-state index contributed by atoms with van der Waals surface area (Å²) in [6.45, 7) is 0.196. The number of thiophene rings is 1. The number of nitrogens with one attached hydrogen (secondary N) is 1. The molecule has 3 aromatic carbocycles. The van der Waals surface area contributed by atoms with Crippen LogP contribution in [0.1, 0.15) is 34.8 Å². The van der Waals surface area contributed by atoms with Crippen LogP contribution in [0, 0.1) is 23.7 Å². The van der Waals surface area contributed by atoms with Crippen molar-refractivity contribution in [3.05, 3.63) is 122 Å². The second-order valence-electron chi connectivity index (χ2n) is 13.1. The summed E-state index contributed by atoms with van der Waals surface area (Å²) in [6, 6.07) is 22.3. The number of phenols is 1. The van der Waals surface area contributed by atoms with Crippen LogP contribution >= 0.6 is 34.5 Å². The fourth-order valence-corrected chi connectivity index (χ4v) is 9.81. The van der Waals surface area contributed by atoms with Gasteiger partial charge in [-0.05, 0) is 83.8 Å². The van der Waals surface area contributed by atoms with Gasteiger partial charge in [0.2, 0.25) is 11.8 Å². The van der Waals surface area contributed by atoms with Gasteiger partial charge < -0.3 is 9.84 Å². The minimum atomic E-state index is -1.47. The molecule has 4 aliphatic rings. The van der Waals surface area contributed by atoms with Crippen molar-refractivity contribution in [2.24, 2.45) is 23.7 Å². The van der Waals surface area contributed by atoms with Gasteiger partial charge in [-0.2, -0.15) is 5.01 Å². The number of allylic oxidation sites excluding steroid dienone is 2. The van der Waals surface area contributed by atoms with Gasteiger partial charge in [0, 0.05) is 15.8 Å². The molecule has 3 heterocycles. The fourth-order valence-electron chi connectivity index (χ4n) is 8.66. The molecule has 2 N–H and O–H groups in total. The van der Waals surface area contributed by atoms with Gasteiger partial charge in [0.15, 0.2) is 0 Å². The van der Waals surface area contributed by atoms with Crippen molar-refractivity contribution in [3.8, 4) is 11.5 Å². The van der Waals surface area contributed by atoms with Crippen LogP contribution in [0.4, 0.5) is 5.69 Å². The quantitative estimate of drug-likeness (QED) is 0.156. The Balaban J connectivity index is 1.30. The van der Waals surface area contributed by atoms with Crippen LogP contribution in [-0.2, 0) is 31.1 Å². The molecule has 2 aliphatic carbocycles. The van der Waals surface area contributed by atoms with E-state index in [0.717, 1.165) is 15.5 Å². The molecule has 0 unspecified atom stereocenters. The van der Waals surface area contributed by atoms with Crippen molar-refractivity contribution in [1.82, 2.24) is 9.91 Å². The number of imide groups is 2. The number of hydrogen-bond donors (Lipinski definition) is 2. The third kappa shape index (κ3) is 4.87. The first-order valence-electron chi connectivity index (χ1n) is 16.2. The lowest BCUT2D eigenvalue weighted by Crippen LogP contribution is -2.53. The van der Waals surface area contributed by atoms with Crippen molar-refractivity contribution in [2.75, 3.05) is 12.5 Å². The Bertz CT molecular complexity index is 2070.